The van der Waals surface area contributed by atoms with Crippen molar-refractivity contribution in [3.05, 3.63) is 0 Å². The molecule has 14 atom stereocenters. The molecule has 1 amide bonds. The van der Waals surface area contributed by atoms with E-state index in [-0.39, 0.29) is 74.9 Å². The van der Waals surface area contributed by atoms with E-state index in [2.05, 4.69) is 55.4 Å². The van der Waals surface area contributed by atoms with E-state index in [1.165, 1.54) is 19.8 Å². The van der Waals surface area contributed by atoms with Crippen LogP contribution in [0.3, 0.4) is 0 Å². The first kappa shape index (κ1) is 38.8. The monoisotopic (exact) mass is 730 g/mol. The average molecular weight is 730 g/mol. The summed E-state index contributed by atoms with van der Waals surface area (Å²) in [4.78, 5) is 27.0. The van der Waals surface area contributed by atoms with Crippen molar-refractivity contribution in [1.29, 1.82) is 0 Å². The number of aliphatic hydroxyl groups is 1. The van der Waals surface area contributed by atoms with Gasteiger partial charge in [-0.15, -0.1) is 0 Å². The minimum Gasteiger partial charge on any atom is -0.459 e. The smallest absolute Gasteiger partial charge is 0.410 e. The minimum atomic E-state index is -0.559. The number of ether oxygens (including phenoxy) is 5. The highest BCUT2D eigenvalue weighted by molar-refractivity contribution is 5.68. The molecule has 2 saturated heterocycles. The van der Waals surface area contributed by atoms with Crippen LogP contribution in [-0.2, 0) is 28.5 Å². The maximum absolute atomic E-state index is 12.9. The Morgan fingerprint density at radius 3 is 2.31 bits per heavy atom. The molecule has 9 heteroatoms. The van der Waals surface area contributed by atoms with Crippen molar-refractivity contribution in [2.75, 3.05) is 19.7 Å². The zero-order valence-corrected chi connectivity index (χ0v) is 34.5. The molecule has 2 aliphatic heterocycles. The summed E-state index contributed by atoms with van der Waals surface area (Å²) in [6.45, 7) is 27.2. The van der Waals surface area contributed by atoms with E-state index in [9.17, 15) is 14.7 Å². The summed E-state index contributed by atoms with van der Waals surface area (Å²) in [6, 6.07) is 0. The number of esters is 1. The van der Waals surface area contributed by atoms with E-state index < -0.39 is 18.0 Å². The predicted molar refractivity (Wildman–Crippen MR) is 198 cm³/mol. The maximum Gasteiger partial charge on any atom is 0.410 e. The van der Waals surface area contributed by atoms with E-state index >= 15 is 0 Å². The van der Waals surface area contributed by atoms with Crippen LogP contribution in [0.15, 0.2) is 0 Å². The van der Waals surface area contributed by atoms with Gasteiger partial charge in [-0.1, -0.05) is 55.4 Å². The van der Waals surface area contributed by atoms with Crippen molar-refractivity contribution >= 4 is 12.1 Å². The van der Waals surface area contributed by atoms with Gasteiger partial charge in [-0.2, -0.15) is 0 Å². The van der Waals surface area contributed by atoms with E-state index in [1.807, 2.05) is 20.8 Å². The number of carbonyl (C=O) groups excluding carboxylic acids is 2. The van der Waals surface area contributed by atoms with Gasteiger partial charge in [0, 0.05) is 24.3 Å². The highest BCUT2D eigenvalue weighted by Crippen LogP contribution is 2.89. The second kappa shape index (κ2) is 12.5. The molecule has 7 aliphatic rings. The van der Waals surface area contributed by atoms with Gasteiger partial charge in [0.05, 0.1) is 37.6 Å². The molecular weight excluding hydrogens is 658 g/mol. The summed E-state index contributed by atoms with van der Waals surface area (Å²) in [5, 5.41) is 12.7. The molecule has 1 N–H and O–H groups in total. The normalized spacial score (nSPS) is 47.2. The Hall–Kier alpha value is -1.42. The van der Waals surface area contributed by atoms with Crippen molar-refractivity contribution in [2.24, 2.45) is 56.2 Å². The Bertz CT molecular complexity index is 1410. The highest BCUT2D eigenvalue weighted by Gasteiger charge is 2.84. The molecule has 5 saturated carbocycles. The lowest BCUT2D eigenvalue weighted by Gasteiger charge is -2.64. The summed E-state index contributed by atoms with van der Waals surface area (Å²) >= 11 is 0. The highest BCUT2D eigenvalue weighted by atomic mass is 16.7. The van der Waals surface area contributed by atoms with Crippen molar-refractivity contribution < 1.29 is 38.4 Å². The number of morpholine rings is 1. The second-order valence-corrected chi connectivity index (χ2v) is 21.3. The third-order valence-corrected chi connectivity index (χ3v) is 17.1. The zero-order chi connectivity index (χ0) is 38.0. The number of hydrogen-bond acceptors (Lipinski definition) is 8. The van der Waals surface area contributed by atoms with Crippen LogP contribution in [0.25, 0.3) is 0 Å². The SMILES string of the molecule is CCC(C)(C)[C@@H](OC(C)=O)C1C[C@@H](C)[C@H]2C(O1)[C@H](O)[C@@]1(C)C3CC[C@H]4C(C)(C)[C@@H](O[C@H]5CN(C(=O)OC(C)(C)C)CCO5)CC[C@@]45C[C@@]35CC[C@]21C. The quantitative estimate of drug-likeness (QED) is 0.274. The molecule has 7 fully saturated rings. The average Bonchev–Trinajstić information content (AvgIpc) is 3.68. The van der Waals surface area contributed by atoms with Crippen molar-refractivity contribution in [3.8, 4) is 0 Å². The molecule has 9 nitrogen and oxygen atoms in total. The molecule has 3 unspecified atom stereocenters. The fraction of sp³-hybridized carbons (Fsp3) is 0.953. The molecule has 0 aromatic carbocycles. The van der Waals surface area contributed by atoms with Crippen LogP contribution < -0.4 is 0 Å². The lowest BCUT2D eigenvalue weighted by Crippen LogP contribution is -2.60. The number of amides is 1. The van der Waals surface area contributed by atoms with Gasteiger partial charge in [0.15, 0.2) is 6.29 Å². The molecule has 52 heavy (non-hydrogen) atoms. The van der Waals surface area contributed by atoms with Crippen LogP contribution in [0.1, 0.15) is 141 Å². The molecule has 0 aromatic rings. The number of nitrogens with zero attached hydrogens (tertiary/aromatic N) is 1. The van der Waals surface area contributed by atoms with Gasteiger partial charge in [-0.25, -0.2) is 4.79 Å². The fourth-order valence-corrected chi connectivity index (χ4v) is 14.2. The fourth-order valence-electron chi connectivity index (χ4n) is 14.2. The standard InChI is InChI=1S/C43H71NO8/c1-13-38(7,8)35(49-26(3)45)27-22-25(2)32-33(50-27)34(46)41(12)29-15-14-28-39(9,10)30(16-17-42(28)24-43(29,42)19-18-40(32,41)11)51-31-23-44(20-21-48-31)36(47)52-37(4,5)6/h25,27-35,46H,13-24H2,1-12H3/t25-,27?,28+,29?,30+,31+,32+,33?,34+,35+,40-,41-,42-,43+/m1/s1. The third-order valence-electron chi connectivity index (χ3n) is 17.1. The number of rotatable bonds is 6. The molecular formula is C43H71NO8. The van der Waals surface area contributed by atoms with Crippen LogP contribution >= 0.6 is 0 Å². The van der Waals surface area contributed by atoms with Gasteiger partial charge >= 0.3 is 12.1 Å². The first-order valence-corrected chi connectivity index (χ1v) is 20.8. The largest absolute Gasteiger partial charge is 0.459 e. The lowest BCUT2D eigenvalue weighted by atomic mass is 9.41. The summed E-state index contributed by atoms with van der Waals surface area (Å²) in [5.41, 5.74) is -0.592. The van der Waals surface area contributed by atoms with Gasteiger partial charge < -0.3 is 33.7 Å². The molecule has 7 rings (SSSR count). The van der Waals surface area contributed by atoms with Crippen LogP contribution in [0.2, 0.25) is 0 Å². The van der Waals surface area contributed by atoms with E-state index in [0.717, 1.165) is 44.9 Å². The van der Waals surface area contributed by atoms with Gasteiger partial charge in [0.25, 0.3) is 0 Å². The predicted octanol–water partition coefficient (Wildman–Crippen LogP) is 8.15. The van der Waals surface area contributed by atoms with E-state index in [0.29, 0.717) is 37.5 Å². The van der Waals surface area contributed by atoms with Crippen LogP contribution in [0, 0.1) is 56.2 Å². The first-order chi connectivity index (χ1) is 24.1. The zero-order valence-electron chi connectivity index (χ0n) is 34.5. The van der Waals surface area contributed by atoms with Crippen molar-refractivity contribution in [3.63, 3.8) is 0 Å². The Labute approximate surface area is 313 Å². The topological polar surface area (TPSA) is 104 Å². The van der Waals surface area contributed by atoms with E-state index in [1.54, 1.807) is 4.90 Å². The molecule has 2 heterocycles. The molecule has 0 radical (unpaired) electrons. The van der Waals surface area contributed by atoms with Gasteiger partial charge in [0.1, 0.15) is 11.7 Å². The lowest BCUT2D eigenvalue weighted by molar-refractivity contribution is -0.246. The van der Waals surface area contributed by atoms with E-state index in [4.69, 9.17) is 23.7 Å². The molecule has 0 aromatic heterocycles. The van der Waals surface area contributed by atoms with Crippen molar-refractivity contribution in [1.82, 2.24) is 4.90 Å². The molecule has 5 aliphatic carbocycles. The Kier molecular flexibility index (Phi) is 9.37. The molecule has 2 spiro atoms. The van der Waals surface area contributed by atoms with Crippen LogP contribution in [0.5, 0.6) is 0 Å². The summed E-state index contributed by atoms with van der Waals surface area (Å²) in [7, 11) is 0. The Morgan fingerprint density at radius 2 is 1.65 bits per heavy atom. The number of aliphatic hydroxyl groups excluding tert-OH is 1. The van der Waals surface area contributed by atoms with Crippen molar-refractivity contribution in [2.45, 2.75) is 183 Å². The first-order valence-electron chi connectivity index (χ1n) is 20.8. The Balaban J connectivity index is 1.10. The number of carbonyl (C=O) groups is 2. The maximum atomic E-state index is 12.9. The summed E-state index contributed by atoms with van der Waals surface area (Å²) in [6.07, 6.45) is 7.61. The van der Waals surface area contributed by atoms with Crippen LogP contribution in [0.4, 0.5) is 4.79 Å². The molecule has 0 bridgehead atoms. The number of hydrogen-bond donors (Lipinski definition) is 1. The Morgan fingerprint density at radius 1 is 0.981 bits per heavy atom. The minimum absolute atomic E-state index is 0.0284. The molecule has 296 valence electrons. The summed E-state index contributed by atoms with van der Waals surface area (Å²) in [5.74, 6) is 1.34. The van der Waals surface area contributed by atoms with Gasteiger partial charge in [-0.3, -0.25) is 4.79 Å². The third kappa shape index (κ3) is 5.56. The summed E-state index contributed by atoms with van der Waals surface area (Å²) < 4.78 is 31.7. The van der Waals surface area contributed by atoms with Gasteiger partial charge in [-0.05, 0) is 124 Å². The second-order valence-electron chi connectivity index (χ2n) is 21.3. The number of fused-ring (bicyclic) bond motifs is 4. The van der Waals surface area contributed by atoms with Crippen LogP contribution in [-0.4, -0.2) is 84.2 Å². The van der Waals surface area contributed by atoms with Gasteiger partial charge in [0.2, 0.25) is 0 Å².